The lowest BCUT2D eigenvalue weighted by Gasteiger charge is -2.16. The quantitative estimate of drug-likeness (QED) is 0.642. The second-order valence-electron chi connectivity index (χ2n) is 3.94. The van der Waals surface area contributed by atoms with Crippen LogP contribution < -0.4 is 11.1 Å². The number of esters is 1. The third kappa shape index (κ3) is 3.53. The van der Waals surface area contributed by atoms with Gasteiger partial charge < -0.3 is 15.8 Å². The van der Waals surface area contributed by atoms with Gasteiger partial charge in [0.1, 0.15) is 0 Å². The Morgan fingerprint density at radius 1 is 1.53 bits per heavy atom. The van der Waals surface area contributed by atoms with Crippen LogP contribution in [0.25, 0.3) is 0 Å². The van der Waals surface area contributed by atoms with Gasteiger partial charge in [-0.2, -0.15) is 0 Å². The van der Waals surface area contributed by atoms with Crippen molar-refractivity contribution in [3.05, 3.63) is 22.7 Å². The summed E-state index contributed by atoms with van der Waals surface area (Å²) in [5.74, 6) is -0.426. The normalized spacial score (nSPS) is 10.4. The molecule has 0 fully saturated rings. The summed E-state index contributed by atoms with van der Waals surface area (Å²) >= 11 is 6.07. The minimum absolute atomic E-state index is 0.157. The van der Waals surface area contributed by atoms with Crippen LogP contribution in [0, 0.1) is 0 Å². The molecular formula is C12H17ClN2O2. The van der Waals surface area contributed by atoms with E-state index in [0.29, 0.717) is 28.6 Å². The van der Waals surface area contributed by atoms with E-state index in [4.69, 9.17) is 22.1 Å². The van der Waals surface area contributed by atoms with Crippen LogP contribution in [-0.2, 0) is 4.74 Å². The Morgan fingerprint density at radius 3 is 2.71 bits per heavy atom. The van der Waals surface area contributed by atoms with E-state index in [2.05, 4.69) is 5.32 Å². The molecule has 0 radical (unpaired) electrons. The van der Waals surface area contributed by atoms with Crippen molar-refractivity contribution in [1.29, 1.82) is 0 Å². The zero-order chi connectivity index (χ0) is 13.0. The number of ether oxygens (including phenoxy) is 1. The molecule has 0 aliphatic carbocycles. The van der Waals surface area contributed by atoms with Crippen molar-refractivity contribution in [1.82, 2.24) is 0 Å². The van der Waals surface area contributed by atoms with Gasteiger partial charge in [0.25, 0.3) is 0 Å². The molecule has 0 atom stereocenters. The molecule has 94 valence electrons. The molecule has 0 aromatic heterocycles. The van der Waals surface area contributed by atoms with Crippen LogP contribution in [0.3, 0.4) is 0 Å². The van der Waals surface area contributed by atoms with Crippen molar-refractivity contribution in [2.75, 3.05) is 17.7 Å². The van der Waals surface area contributed by atoms with Gasteiger partial charge in [0.2, 0.25) is 0 Å². The molecule has 1 aromatic rings. The molecule has 17 heavy (non-hydrogen) atoms. The zero-order valence-electron chi connectivity index (χ0n) is 10.2. The van der Waals surface area contributed by atoms with Crippen LogP contribution >= 0.6 is 11.6 Å². The second kappa shape index (κ2) is 5.77. The number of benzene rings is 1. The number of nitrogen functional groups attached to an aromatic ring is 1. The van der Waals surface area contributed by atoms with Gasteiger partial charge in [-0.25, -0.2) is 4.79 Å². The SMILES string of the molecule is CCOC(=O)c1cc(N)cc(Cl)c1NC(C)C. The fourth-order valence-electron chi connectivity index (χ4n) is 1.43. The molecule has 0 spiro atoms. The first-order chi connectivity index (χ1) is 7.95. The van der Waals surface area contributed by atoms with Crippen LogP contribution in [-0.4, -0.2) is 18.6 Å². The lowest BCUT2D eigenvalue weighted by molar-refractivity contribution is 0.0527. The number of rotatable bonds is 4. The number of hydrogen-bond donors (Lipinski definition) is 2. The van der Waals surface area contributed by atoms with Gasteiger partial charge in [-0.1, -0.05) is 11.6 Å². The summed E-state index contributed by atoms with van der Waals surface area (Å²) in [5.41, 5.74) is 7.04. The Morgan fingerprint density at radius 2 is 2.18 bits per heavy atom. The molecule has 0 amide bonds. The van der Waals surface area contributed by atoms with Gasteiger partial charge in [-0.3, -0.25) is 0 Å². The highest BCUT2D eigenvalue weighted by Crippen LogP contribution is 2.30. The monoisotopic (exact) mass is 256 g/mol. The maximum atomic E-state index is 11.8. The molecule has 0 aliphatic rings. The Hall–Kier alpha value is -1.42. The Kier molecular flexibility index (Phi) is 4.63. The fraction of sp³-hybridized carbons (Fsp3) is 0.417. The molecule has 0 aliphatic heterocycles. The molecule has 0 bridgehead atoms. The molecule has 0 saturated heterocycles. The van der Waals surface area contributed by atoms with Crippen molar-refractivity contribution in [3.8, 4) is 0 Å². The van der Waals surface area contributed by atoms with E-state index < -0.39 is 5.97 Å². The summed E-state index contributed by atoms with van der Waals surface area (Å²) in [6, 6.07) is 3.33. The molecule has 5 heteroatoms. The van der Waals surface area contributed by atoms with Gasteiger partial charge >= 0.3 is 5.97 Å². The summed E-state index contributed by atoms with van der Waals surface area (Å²) in [5, 5.41) is 3.54. The van der Waals surface area contributed by atoms with E-state index in [1.165, 1.54) is 0 Å². The molecule has 1 aromatic carbocycles. The fourth-order valence-corrected chi connectivity index (χ4v) is 1.72. The number of nitrogens with one attached hydrogen (secondary N) is 1. The van der Waals surface area contributed by atoms with E-state index in [1.54, 1.807) is 19.1 Å². The van der Waals surface area contributed by atoms with E-state index in [0.717, 1.165) is 0 Å². The topological polar surface area (TPSA) is 64.3 Å². The summed E-state index contributed by atoms with van der Waals surface area (Å²) < 4.78 is 4.97. The third-order valence-electron chi connectivity index (χ3n) is 2.04. The maximum absolute atomic E-state index is 11.8. The second-order valence-corrected chi connectivity index (χ2v) is 4.35. The van der Waals surface area contributed by atoms with Gasteiger partial charge in [0, 0.05) is 11.7 Å². The van der Waals surface area contributed by atoms with Crippen molar-refractivity contribution in [2.45, 2.75) is 26.8 Å². The molecule has 3 N–H and O–H groups in total. The first kappa shape index (κ1) is 13.6. The van der Waals surface area contributed by atoms with E-state index in [-0.39, 0.29) is 6.04 Å². The molecule has 0 heterocycles. The van der Waals surface area contributed by atoms with Gasteiger partial charge in [-0.15, -0.1) is 0 Å². The highest BCUT2D eigenvalue weighted by Gasteiger charge is 2.17. The molecule has 4 nitrogen and oxygen atoms in total. The summed E-state index contributed by atoms with van der Waals surface area (Å²) in [4.78, 5) is 11.8. The van der Waals surface area contributed by atoms with Crippen molar-refractivity contribution in [2.24, 2.45) is 0 Å². The minimum atomic E-state index is -0.426. The number of anilines is 2. The van der Waals surface area contributed by atoms with Crippen LogP contribution in [0.2, 0.25) is 5.02 Å². The first-order valence-corrected chi connectivity index (χ1v) is 5.86. The third-order valence-corrected chi connectivity index (χ3v) is 2.34. The zero-order valence-corrected chi connectivity index (χ0v) is 11.0. The smallest absolute Gasteiger partial charge is 0.340 e. The molecule has 1 rings (SSSR count). The molecule has 0 saturated carbocycles. The minimum Gasteiger partial charge on any atom is -0.462 e. The van der Waals surface area contributed by atoms with Crippen molar-refractivity contribution in [3.63, 3.8) is 0 Å². The predicted molar refractivity (Wildman–Crippen MR) is 70.6 cm³/mol. The molecular weight excluding hydrogens is 240 g/mol. The Bertz CT molecular complexity index is 419. The van der Waals surface area contributed by atoms with E-state index in [9.17, 15) is 4.79 Å². The number of nitrogens with two attached hydrogens (primary N) is 1. The predicted octanol–water partition coefficient (Wildman–Crippen LogP) is 2.92. The van der Waals surface area contributed by atoms with E-state index >= 15 is 0 Å². The lowest BCUT2D eigenvalue weighted by atomic mass is 10.1. The summed E-state index contributed by atoms with van der Waals surface area (Å²) in [6.45, 7) is 5.98. The van der Waals surface area contributed by atoms with Gasteiger partial charge in [0.15, 0.2) is 0 Å². The standard InChI is InChI=1S/C12H17ClN2O2/c1-4-17-12(16)9-5-8(14)6-10(13)11(9)15-7(2)3/h5-7,15H,4,14H2,1-3H3. The Balaban J connectivity index is 3.19. The lowest BCUT2D eigenvalue weighted by Crippen LogP contribution is -2.15. The first-order valence-electron chi connectivity index (χ1n) is 5.48. The average molecular weight is 257 g/mol. The van der Waals surface area contributed by atoms with Gasteiger partial charge in [0.05, 0.1) is 22.9 Å². The average Bonchev–Trinajstić information content (AvgIpc) is 2.21. The van der Waals surface area contributed by atoms with Gasteiger partial charge in [-0.05, 0) is 32.9 Å². The number of carbonyl (C=O) groups is 1. The van der Waals surface area contributed by atoms with Crippen molar-refractivity contribution < 1.29 is 9.53 Å². The largest absolute Gasteiger partial charge is 0.462 e. The van der Waals surface area contributed by atoms with Crippen molar-refractivity contribution >= 4 is 28.9 Å². The Labute approximate surface area is 106 Å². The maximum Gasteiger partial charge on any atom is 0.340 e. The van der Waals surface area contributed by atoms with Crippen LogP contribution in [0.1, 0.15) is 31.1 Å². The summed E-state index contributed by atoms with van der Waals surface area (Å²) in [7, 11) is 0. The van der Waals surface area contributed by atoms with E-state index in [1.807, 2.05) is 13.8 Å². The number of hydrogen-bond acceptors (Lipinski definition) is 4. The van der Waals surface area contributed by atoms with Crippen LogP contribution in [0.4, 0.5) is 11.4 Å². The number of carbonyl (C=O) groups excluding carboxylic acids is 1. The summed E-state index contributed by atoms with van der Waals surface area (Å²) in [6.07, 6.45) is 0. The highest BCUT2D eigenvalue weighted by molar-refractivity contribution is 6.34. The number of halogens is 1. The highest BCUT2D eigenvalue weighted by atomic mass is 35.5. The van der Waals surface area contributed by atoms with Crippen LogP contribution in [0.15, 0.2) is 12.1 Å². The van der Waals surface area contributed by atoms with Crippen LogP contribution in [0.5, 0.6) is 0 Å². The molecule has 0 unspecified atom stereocenters.